The minimum absolute atomic E-state index is 0.0129. The van der Waals surface area contributed by atoms with Gasteiger partial charge >= 0.3 is 0 Å². The van der Waals surface area contributed by atoms with Crippen LogP contribution in [0.3, 0.4) is 0 Å². The van der Waals surface area contributed by atoms with Gasteiger partial charge in [0.25, 0.3) is 0 Å². The van der Waals surface area contributed by atoms with Gasteiger partial charge in [-0.25, -0.2) is 0 Å². The molecule has 0 fully saturated rings. The van der Waals surface area contributed by atoms with E-state index in [0.29, 0.717) is 0 Å². The highest BCUT2D eigenvalue weighted by Crippen LogP contribution is 1.95. The van der Waals surface area contributed by atoms with Crippen molar-refractivity contribution in [2.75, 3.05) is 20.7 Å². The smallest absolute Gasteiger partial charge is 0.238 e. The molecule has 1 amide bonds. The first-order valence-electron chi connectivity index (χ1n) is 4.61. The van der Waals surface area contributed by atoms with Gasteiger partial charge in [-0.05, 0) is 13.3 Å². The first-order chi connectivity index (χ1) is 6.02. The molecule has 78 valence electrons. The van der Waals surface area contributed by atoms with Crippen molar-refractivity contribution in [3.63, 3.8) is 0 Å². The highest BCUT2D eigenvalue weighted by molar-refractivity contribution is 5.80. The molecule has 13 heavy (non-hydrogen) atoms. The summed E-state index contributed by atoms with van der Waals surface area (Å²) in [6.45, 7) is 3.85. The largest absolute Gasteiger partial charge is 0.395 e. The molecule has 2 atom stereocenters. The lowest BCUT2D eigenvalue weighted by Crippen LogP contribution is -2.47. The normalized spacial score (nSPS) is 15.2. The molecule has 0 aliphatic rings. The van der Waals surface area contributed by atoms with Crippen LogP contribution in [0.15, 0.2) is 0 Å². The Bertz CT molecular complexity index is 156. The summed E-state index contributed by atoms with van der Waals surface area (Å²) in [5.41, 5.74) is 0. The molecule has 0 aliphatic carbocycles. The van der Waals surface area contributed by atoms with Crippen molar-refractivity contribution >= 4 is 5.91 Å². The second-order valence-electron chi connectivity index (χ2n) is 3.41. The third-order valence-electron chi connectivity index (χ3n) is 2.01. The van der Waals surface area contributed by atoms with Crippen LogP contribution in [0.4, 0.5) is 0 Å². The third kappa shape index (κ3) is 4.24. The molecule has 0 rings (SSSR count). The summed E-state index contributed by atoms with van der Waals surface area (Å²) in [6.07, 6.45) is 0.821. The standard InChI is InChI=1S/C9H20N2O2/c1-5-8(6-12)10-7(2)9(13)11(3)4/h7-8,10,12H,5-6H2,1-4H3. The van der Waals surface area contributed by atoms with Crippen LogP contribution in [0.5, 0.6) is 0 Å². The van der Waals surface area contributed by atoms with E-state index in [0.717, 1.165) is 6.42 Å². The number of nitrogens with zero attached hydrogens (tertiary/aromatic N) is 1. The van der Waals surface area contributed by atoms with E-state index in [2.05, 4.69) is 5.32 Å². The second kappa shape index (κ2) is 5.94. The molecule has 0 saturated carbocycles. The fourth-order valence-corrected chi connectivity index (χ4v) is 1.11. The van der Waals surface area contributed by atoms with E-state index in [9.17, 15) is 4.79 Å². The van der Waals surface area contributed by atoms with Crippen LogP contribution < -0.4 is 5.32 Å². The van der Waals surface area contributed by atoms with Crippen molar-refractivity contribution in [3.8, 4) is 0 Å². The van der Waals surface area contributed by atoms with Gasteiger partial charge < -0.3 is 15.3 Å². The number of rotatable bonds is 5. The van der Waals surface area contributed by atoms with Gasteiger partial charge in [-0.2, -0.15) is 0 Å². The monoisotopic (exact) mass is 188 g/mol. The molecule has 0 aromatic rings. The zero-order chi connectivity index (χ0) is 10.4. The Morgan fingerprint density at radius 2 is 2.08 bits per heavy atom. The molecule has 0 radical (unpaired) electrons. The van der Waals surface area contributed by atoms with Crippen molar-refractivity contribution in [3.05, 3.63) is 0 Å². The first kappa shape index (κ1) is 12.4. The number of nitrogens with one attached hydrogen (secondary N) is 1. The van der Waals surface area contributed by atoms with Gasteiger partial charge in [-0.1, -0.05) is 6.92 Å². The zero-order valence-corrected chi connectivity index (χ0v) is 8.87. The Balaban J connectivity index is 3.97. The summed E-state index contributed by atoms with van der Waals surface area (Å²) < 4.78 is 0. The van der Waals surface area contributed by atoms with Crippen LogP contribution in [-0.4, -0.2) is 48.7 Å². The van der Waals surface area contributed by atoms with Crippen LogP contribution in [-0.2, 0) is 4.79 Å². The fraction of sp³-hybridized carbons (Fsp3) is 0.889. The van der Waals surface area contributed by atoms with E-state index in [-0.39, 0.29) is 24.6 Å². The van der Waals surface area contributed by atoms with Gasteiger partial charge in [-0.15, -0.1) is 0 Å². The highest BCUT2D eigenvalue weighted by Gasteiger charge is 2.17. The van der Waals surface area contributed by atoms with Gasteiger partial charge in [0, 0.05) is 20.1 Å². The van der Waals surface area contributed by atoms with Crippen LogP contribution in [0.2, 0.25) is 0 Å². The van der Waals surface area contributed by atoms with Gasteiger partial charge in [0.05, 0.1) is 12.6 Å². The summed E-state index contributed by atoms with van der Waals surface area (Å²) in [5.74, 6) is 0.0342. The quantitative estimate of drug-likeness (QED) is 0.629. The lowest BCUT2D eigenvalue weighted by atomic mass is 10.2. The number of hydrogen-bond donors (Lipinski definition) is 2. The first-order valence-corrected chi connectivity index (χ1v) is 4.61. The molecule has 2 unspecified atom stereocenters. The van der Waals surface area contributed by atoms with Crippen molar-refractivity contribution < 1.29 is 9.90 Å². The number of hydrogen-bond acceptors (Lipinski definition) is 3. The summed E-state index contributed by atoms with van der Waals surface area (Å²) in [6, 6.07) is -0.217. The zero-order valence-electron chi connectivity index (χ0n) is 8.87. The van der Waals surface area contributed by atoms with Crippen molar-refractivity contribution in [1.29, 1.82) is 0 Å². The average molecular weight is 188 g/mol. The van der Waals surface area contributed by atoms with E-state index < -0.39 is 0 Å². The number of amides is 1. The van der Waals surface area contributed by atoms with Crippen molar-refractivity contribution in [1.82, 2.24) is 10.2 Å². The Kier molecular flexibility index (Phi) is 5.66. The fourth-order valence-electron chi connectivity index (χ4n) is 1.11. The van der Waals surface area contributed by atoms with E-state index >= 15 is 0 Å². The number of carbonyl (C=O) groups excluding carboxylic acids is 1. The molecule has 2 N–H and O–H groups in total. The van der Waals surface area contributed by atoms with E-state index in [4.69, 9.17) is 5.11 Å². The molecule has 0 heterocycles. The molecule has 0 aromatic heterocycles. The topological polar surface area (TPSA) is 52.6 Å². The summed E-state index contributed by atoms with van der Waals surface area (Å²) >= 11 is 0. The number of carbonyl (C=O) groups is 1. The highest BCUT2D eigenvalue weighted by atomic mass is 16.3. The van der Waals surface area contributed by atoms with E-state index in [1.54, 1.807) is 25.9 Å². The van der Waals surface area contributed by atoms with E-state index in [1.165, 1.54) is 0 Å². The SMILES string of the molecule is CCC(CO)NC(C)C(=O)N(C)C. The molecule has 0 saturated heterocycles. The van der Waals surface area contributed by atoms with Crippen LogP contribution in [0.1, 0.15) is 20.3 Å². The molecule has 0 spiro atoms. The molecule has 4 heteroatoms. The van der Waals surface area contributed by atoms with Gasteiger partial charge in [0.15, 0.2) is 0 Å². The Labute approximate surface area is 79.9 Å². The molecular formula is C9H20N2O2. The van der Waals surface area contributed by atoms with Crippen LogP contribution in [0.25, 0.3) is 0 Å². The van der Waals surface area contributed by atoms with Crippen molar-refractivity contribution in [2.45, 2.75) is 32.4 Å². The molecule has 0 aromatic carbocycles. The maximum absolute atomic E-state index is 11.4. The molecular weight excluding hydrogens is 168 g/mol. The van der Waals surface area contributed by atoms with Gasteiger partial charge in [0.1, 0.15) is 0 Å². The Hall–Kier alpha value is -0.610. The minimum Gasteiger partial charge on any atom is -0.395 e. The van der Waals surface area contributed by atoms with Gasteiger partial charge in [-0.3, -0.25) is 4.79 Å². The Morgan fingerprint density at radius 3 is 2.38 bits per heavy atom. The summed E-state index contributed by atoms with van der Waals surface area (Å²) in [4.78, 5) is 12.9. The van der Waals surface area contributed by atoms with Crippen molar-refractivity contribution in [2.24, 2.45) is 0 Å². The Morgan fingerprint density at radius 1 is 1.54 bits per heavy atom. The number of aliphatic hydroxyl groups is 1. The molecule has 0 aliphatic heterocycles. The van der Waals surface area contributed by atoms with Crippen LogP contribution in [0, 0.1) is 0 Å². The minimum atomic E-state index is -0.230. The number of aliphatic hydroxyl groups excluding tert-OH is 1. The summed E-state index contributed by atoms with van der Waals surface area (Å²) in [7, 11) is 3.45. The van der Waals surface area contributed by atoms with Gasteiger partial charge in [0.2, 0.25) is 5.91 Å². The van der Waals surface area contributed by atoms with Crippen LogP contribution >= 0.6 is 0 Å². The predicted octanol–water partition coefficient (Wildman–Crippen LogP) is -0.176. The number of likely N-dealkylation sites (N-methyl/N-ethyl adjacent to an activating group) is 1. The predicted molar refractivity (Wildman–Crippen MR) is 52.5 cm³/mol. The third-order valence-corrected chi connectivity index (χ3v) is 2.01. The molecule has 0 bridgehead atoms. The second-order valence-corrected chi connectivity index (χ2v) is 3.41. The maximum atomic E-state index is 11.4. The lowest BCUT2D eigenvalue weighted by Gasteiger charge is -2.22. The summed E-state index contributed by atoms with van der Waals surface area (Å²) in [5, 5.41) is 12.0. The average Bonchev–Trinajstić information content (AvgIpc) is 2.12. The lowest BCUT2D eigenvalue weighted by molar-refractivity contribution is -0.130. The molecule has 4 nitrogen and oxygen atoms in total. The van der Waals surface area contributed by atoms with E-state index in [1.807, 2.05) is 6.92 Å². The maximum Gasteiger partial charge on any atom is 0.238 e.